The van der Waals surface area contributed by atoms with Crippen LogP contribution >= 0.6 is 0 Å². The number of hydrogen-bond acceptors (Lipinski definition) is 5. The van der Waals surface area contributed by atoms with E-state index in [9.17, 15) is 21.4 Å². The first kappa shape index (κ1) is 15.7. The topological polar surface area (TPSA) is 121 Å². The second kappa shape index (κ2) is 4.95. The third kappa shape index (κ3) is 2.86. The molecule has 0 saturated carbocycles. The summed E-state index contributed by atoms with van der Waals surface area (Å²) in [5.74, 6) is 0. The summed E-state index contributed by atoms with van der Waals surface area (Å²) in [6.45, 7) is 1.66. The van der Waals surface area contributed by atoms with Crippen molar-refractivity contribution in [2.75, 3.05) is 12.4 Å². The summed E-state index contributed by atoms with van der Waals surface area (Å²) in [6.07, 6.45) is 0. The molecule has 114 valence electrons. The molecule has 2 rings (SSSR count). The van der Waals surface area contributed by atoms with Crippen molar-refractivity contribution in [3.05, 3.63) is 29.8 Å². The smallest absolute Gasteiger partial charge is 0.295 e. The van der Waals surface area contributed by atoms with Crippen LogP contribution in [0, 0.1) is 6.92 Å². The fraction of sp³-hybridized carbons (Fsp3) is 0.167. The Bertz CT molecular complexity index is 932. The summed E-state index contributed by atoms with van der Waals surface area (Å²) >= 11 is 0. The zero-order chi connectivity index (χ0) is 16.0. The molecule has 9 heteroatoms. The highest BCUT2D eigenvalue weighted by Crippen LogP contribution is 2.34. The molecule has 0 radical (unpaired) electrons. The maximum absolute atomic E-state index is 11.6. The Balaban J connectivity index is 3.13. The van der Waals surface area contributed by atoms with E-state index in [2.05, 4.69) is 5.32 Å². The molecule has 0 aromatic heterocycles. The number of nitrogens with one attached hydrogen (secondary N) is 1. The Morgan fingerprint density at radius 1 is 1.00 bits per heavy atom. The van der Waals surface area contributed by atoms with Crippen LogP contribution in [0.25, 0.3) is 10.8 Å². The van der Waals surface area contributed by atoms with E-state index in [-0.39, 0.29) is 5.39 Å². The molecule has 0 saturated heterocycles. The third-order valence-corrected chi connectivity index (χ3v) is 4.82. The Morgan fingerprint density at radius 3 is 2.10 bits per heavy atom. The van der Waals surface area contributed by atoms with E-state index in [4.69, 9.17) is 4.55 Å². The maximum atomic E-state index is 11.6. The fourth-order valence-corrected chi connectivity index (χ4v) is 3.48. The van der Waals surface area contributed by atoms with Crippen molar-refractivity contribution in [3.63, 3.8) is 0 Å². The molecule has 2 aromatic rings. The summed E-state index contributed by atoms with van der Waals surface area (Å²) in [7, 11) is -7.72. The molecule has 0 fully saturated rings. The van der Waals surface area contributed by atoms with Crippen molar-refractivity contribution in [2.45, 2.75) is 16.7 Å². The highest BCUT2D eigenvalue weighted by molar-refractivity contribution is 7.86. The van der Waals surface area contributed by atoms with Crippen molar-refractivity contribution in [3.8, 4) is 0 Å². The van der Waals surface area contributed by atoms with Gasteiger partial charge < -0.3 is 5.32 Å². The van der Waals surface area contributed by atoms with Gasteiger partial charge in [0, 0.05) is 18.1 Å². The molecule has 0 bridgehead atoms. The van der Waals surface area contributed by atoms with Crippen LogP contribution in [0.1, 0.15) is 5.56 Å². The monoisotopic (exact) mass is 331 g/mol. The Labute approximate surface area is 122 Å². The fourth-order valence-electron chi connectivity index (χ4n) is 2.12. The van der Waals surface area contributed by atoms with Crippen LogP contribution in [0.15, 0.2) is 34.1 Å². The molecule has 0 atom stereocenters. The number of fused-ring (bicyclic) bond motifs is 1. The summed E-state index contributed by atoms with van der Waals surface area (Å²) < 4.78 is 64.2. The van der Waals surface area contributed by atoms with Gasteiger partial charge in [0.2, 0.25) is 0 Å². The first-order valence-electron chi connectivity index (χ1n) is 5.76. The molecule has 2 aromatic carbocycles. The number of rotatable bonds is 3. The van der Waals surface area contributed by atoms with Gasteiger partial charge in [-0.15, -0.1) is 0 Å². The molecule has 0 spiro atoms. The third-order valence-electron chi connectivity index (χ3n) is 3.11. The van der Waals surface area contributed by atoms with E-state index >= 15 is 0 Å². The van der Waals surface area contributed by atoms with E-state index in [0.29, 0.717) is 16.6 Å². The molecule has 0 aliphatic heterocycles. The minimum Gasteiger partial charge on any atom is -0.388 e. The second-order valence-corrected chi connectivity index (χ2v) is 7.29. The number of aryl methyl sites for hydroxylation is 1. The van der Waals surface area contributed by atoms with Crippen molar-refractivity contribution < 1.29 is 25.9 Å². The summed E-state index contributed by atoms with van der Waals surface area (Å²) in [6, 6.07) is 5.16. The average molecular weight is 331 g/mol. The zero-order valence-electron chi connectivity index (χ0n) is 11.2. The van der Waals surface area contributed by atoms with Gasteiger partial charge in [-0.05, 0) is 36.1 Å². The van der Waals surface area contributed by atoms with Crippen LogP contribution in [0.4, 0.5) is 5.69 Å². The van der Waals surface area contributed by atoms with Crippen molar-refractivity contribution >= 4 is 36.7 Å². The van der Waals surface area contributed by atoms with Crippen LogP contribution in [-0.2, 0) is 20.2 Å². The average Bonchev–Trinajstić information content (AvgIpc) is 2.36. The van der Waals surface area contributed by atoms with Gasteiger partial charge in [0.25, 0.3) is 20.2 Å². The predicted molar refractivity (Wildman–Crippen MR) is 77.9 cm³/mol. The quantitative estimate of drug-likeness (QED) is 0.732. The normalized spacial score (nSPS) is 12.6. The van der Waals surface area contributed by atoms with Gasteiger partial charge in [0.1, 0.15) is 4.90 Å². The molecule has 0 aliphatic carbocycles. The molecular weight excluding hydrogens is 318 g/mol. The van der Waals surface area contributed by atoms with Gasteiger partial charge in [0.15, 0.2) is 0 Å². The lowest BCUT2D eigenvalue weighted by molar-refractivity contribution is 0.482. The zero-order valence-corrected chi connectivity index (χ0v) is 12.8. The minimum atomic E-state index is -4.68. The highest BCUT2D eigenvalue weighted by Gasteiger charge is 2.22. The van der Waals surface area contributed by atoms with Gasteiger partial charge in [-0.2, -0.15) is 16.8 Å². The van der Waals surface area contributed by atoms with Crippen molar-refractivity contribution in [1.82, 2.24) is 0 Å². The lowest BCUT2D eigenvalue weighted by Gasteiger charge is -2.13. The van der Waals surface area contributed by atoms with Gasteiger partial charge in [-0.3, -0.25) is 9.11 Å². The van der Waals surface area contributed by atoms with E-state index in [1.807, 2.05) is 0 Å². The number of hydrogen-bond donors (Lipinski definition) is 3. The molecule has 0 heterocycles. The highest BCUT2D eigenvalue weighted by atomic mass is 32.2. The Morgan fingerprint density at radius 2 is 1.62 bits per heavy atom. The van der Waals surface area contributed by atoms with E-state index in [0.717, 1.165) is 12.1 Å². The largest absolute Gasteiger partial charge is 0.388 e. The Hall–Kier alpha value is -1.68. The van der Waals surface area contributed by atoms with Gasteiger partial charge in [-0.25, -0.2) is 0 Å². The second-order valence-electron chi connectivity index (χ2n) is 4.47. The predicted octanol–water partition coefficient (Wildman–Crippen LogP) is 1.68. The molecule has 21 heavy (non-hydrogen) atoms. The van der Waals surface area contributed by atoms with Crippen LogP contribution in [0.5, 0.6) is 0 Å². The lowest BCUT2D eigenvalue weighted by Crippen LogP contribution is -2.06. The van der Waals surface area contributed by atoms with Gasteiger partial charge in [-0.1, -0.05) is 6.07 Å². The maximum Gasteiger partial charge on any atom is 0.295 e. The standard InChI is InChI=1S/C12H13NO6S2/c1-7-3-4-10(13-2)12-9(7)5-8(20(14,15)16)6-11(12)21(17,18)19/h3-6,13H,1-2H3,(H,14,15,16)(H,17,18,19). The van der Waals surface area contributed by atoms with Gasteiger partial charge in [0.05, 0.1) is 4.90 Å². The minimum absolute atomic E-state index is 0.160. The Kier molecular flexibility index (Phi) is 3.70. The molecule has 0 amide bonds. The summed E-state index contributed by atoms with van der Waals surface area (Å²) in [5, 5.41) is 3.24. The van der Waals surface area contributed by atoms with E-state index < -0.39 is 30.0 Å². The molecule has 0 aliphatic rings. The first-order chi connectivity index (χ1) is 9.55. The molecule has 7 nitrogen and oxygen atoms in total. The molecule has 0 unspecified atom stereocenters. The van der Waals surface area contributed by atoms with Crippen LogP contribution in [0.3, 0.4) is 0 Å². The van der Waals surface area contributed by atoms with Crippen molar-refractivity contribution in [1.29, 1.82) is 0 Å². The molecular formula is C12H13NO6S2. The molecule has 3 N–H and O–H groups in total. The van der Waals surface area contributed by atoms with Crippen molar-refractivity contribution in [2.24, 2.45) is 0 Å². The van der Waals surface area contributed by atoms with E-state index in [1.54, 1.807) is 26.1 Å². The number of benzene rings is 2. The van der Waals surface area contributed by atoms with Gasteiger partial charge >= 0.3 is 0 Å². The lowest BCUT2D eigenvalue weighted by atomic mass is 10.0. The number of anilines is 1. The van der Waals surface area contributed by atoms with Crippen LogP contribution < -0.4 is 5.32 Å². The first-order valence-corrected chi connectivity index (χ1v) is 8.64. The summed E-state index contributed by atoms with van der Waals surface area (Å²) in [4.78, 5) is -1.18. The van der Waals surface area contributed by atoms with Crippen LogP contribution in [-0.4, -0.2) is 33.0 Å². The summed E-state index contributed by atoms with van der Waals surface area (Å²) in [5.41, 5.74) is 1.00. The van der Waals surface area contributed by atoms with E-state index in [1.165, 1.54) is 0 Å². The SMILES string of the molecule is CNc1ccc(C)c2cc(S(=O)(=O)O)cc(S(=O)(=O)O)c12. The van der Waals surface area contributed by atoms with Crippen LogP contribution in [0.2, 0.25) is 0 Å².